The molecule has 0 atom stereocenters. The van der Waals surface area contributed by atoms with Crippen LogP contribution in [0, 0.1) is 5.82 Å². The van der Waals surface area contributed by atoms with Gasteiger partial charge in [-0.2, -0.15) is 0 Å². The summed E-state index contributed by atoms with van der Waals surface area (Å²) in [5.74, 6) is 0.578. The van der Waals surface area contributed by atoms with Crippen molar-refractivity contribution in [2.75, 3.05) is 7.11 Å². The number of sulfonamides is 1. The molecule has 0 aliphatic heterocycles. The molecule has 0 spiro atoms. The number of nitrogens with zero attached hydrogens (tertiary/aromatic N) is 1. The number of halogens is 1. The van der Waals surface area contributed by atoms with Gasteiger partial charge in [0, 0.05) is 5.56 Å². The smallest absolute Gasteiger partial charge is 0.238 e. The summed E-state index contributed by atoms with van der Waals surface area (Å²) in [5.41, 5.74) is 1.99. The molecule has 32 heavy (non-hydrogen) atoms. The van der Waals surface area contributed by atoms with Crippen molar-refractivity contribution >= 4 is 10.0 Å². The molecule has 7 nitrogen and oxygen atoms in total. The van der Waals surface area contributed by atoms with Crippen molar-refractivity contribution in [3.05, 3.63) is 84.4 Å². The lowest BCUT2D eigenvalue weighted by Crippen LogP contribution is -2.11. The minimum Gasteiger partial charge on any atom is -0.494 e. The number of nitrogens with two attached hydrogens (primary N) is 1. The number of ether oxygens (including phenoxy) is 2. The molecule has 0 aliphatic carbocycles. The first-order chi connectivity index (χ1) is 15.4. The van der Waals surface area contributed by atoms with Gasteiger partial charge in [-0.15, -0.1) is 0 Å². The minimum absolute atomic E-state index is 0.0307. The van der Waals surface area contributed by atoms with E-state index in [1.165, 1.54) is 31.4 Å². The van der Waals surface area contributed by atoms with E-state index in [2.05, 4.69) is 5.16 Å². The van der Waals surface area contributed by atoms with Crippen LogP contribution in [0.25, 0.3) is 22.4 Å². The minimum atomic E-state index is -3.85. The third-order valence-electron chi connectivity index (χ3n) is 4.77. The van der Waals surface area contributed by atoms with E-state index in [9.17, 15) is 12.8 Å². The maximum atomic E-state index is 14.3. The number of hydrogen-bond donors (Lipinski definition) is 1. The molecule has 0 amide bonds. The predicted octanol–water partition coefficient (Wildman–Crippen LogP) is 4.38. The number of benzene rings is 3. The molecule has 9 heteroatoms. The third-order valence-corrected chi connectivity index (χ3v) is 5.70. The number of aromatic nitrogens is 1. The molecular weight excluding hydrogens is 435 g/mol. The topological polar surface area (TPSA) is 105 Å². The molecule has 0 radical (unpaired) electrons. The highest BCUT2D eigenvalue weighted by atomic mass is 32.2. The largest absolute Gasteiger partial charge is 0.494 e. The average molecular weight is 454 g/mol. The summed E-state index contributed by atoms with van der Waals surface area (Å²) < 4.78 is 53.9. The zero-order chi connectivity index (χ0) is 22.7. The van der Waals surface area contributed by atoms with Crippen LogP contribution in [0.3, 0.4) is 0 Å². The van der Waals surface area contributed by atoms with Gasteiger partial charge >= 0.3 is 0 Å². The van der Waals surface area contributed by atoms with Gasteiger partial charge in [-0.1, -0.05) is 35.5 Å². The Morgan fingerprint density at radius 3 is 2.31 bits per heavy atom. The maximum absolute atomic E-state index is 14.3. The summed E-state index contributed by atoms with van der Waals surface area (Å²) in [6.45, 7) is 0.0575. The molecule has 0 bridgehead atoms. The number of hydrogen-bond acceptors (Lipinski definition) is 6. The van der Waals surface area contributed by atoms with Crippen LogP contribution < -0.4 is 14.6 Å². The van der Waals surface area contributed by atoms with E-state index in [0.717, 1.165) is 0 Å². The fourth-order valence-corrected chi connectivity index (χ4v) is 3.72. The van der Waals surface area contributed by atoms with E-state index in [4.69, 9.17) is 19.1 Å². The van der Waals surface area contributed by atoms with Crippen LogP contribution in [0.2, 0.25) is 0 Å². The molecule has 3 aromatic carbocycles. The Labute approximate surface area is 184 Å². The number of para-hydroxylation sites is 1. The van der Waals surface area contributed by atoms with E-state index in [0.29, 0.717) is 33.9 Å². The Kier molecular flexibility index (Phi) is 5.93. The molecule has 1 heterocycles. The van der Waals surface area contributed by atoms with Crippen molar-refractivity contribution < 1.29 is 26.8 Å². The van der Waals surface area contributed by atoms with E-state index in [-0.39, 0.29) is 17.3 Å². The summed E-state index contributed by atoms with van der Waals surface area (Å²) in [4.78, 5) is -0.0307. The average Bonchev–Trinajstić information content (AvgIpc) is 3.22. The second-order valence-electron chi connectivity index (χ2n) is 6.85. The normalized spacial score (nSPS) is 11.3. The Morgan fingerprint density at radius 2 is 1.69 bits per heavy atom. The van der Waals surface area contributed by atoms with Gasteiger partial charge in [0.25, 0.3) is 0 Å². The molecule has 2 N–H and O–H groups in total. The first kappa shape index (κ1) is 21.5. The Hall–Kier alpha value is -3.69. The molecule has 1 aromatic heterocycles. The van der Waals surface area contributed by atoms with Gasteiger partial charge in [-0.05, 0) is 48.0 Å². The highest BCUT2D eigenvalue weighted by Crippen LogP contribution is 2.37. The van der Waals surface area contributed by atoms with Crippen molar-refractivity contribution in [1.29, 1.82) is 0 Å². The van der Waals surface area contributed by atoms with Gasteiger partial charge in [0.15, 0.2) is 17.3 Å². The van der Waals surface area contributed by atoms with Crippen molar-refractivity contribution in [2.45, 2.75) is 11.5 Å². The summed E-state index contributed by atoms with van der Waals surface area (Å²) in [5, 5.41) is 9.34. The lowest BCUT2D eigenvalue weighted by molar-refractivity contribution is 0.250. The maximum Gasteiger partial charge on any atom is 0.238 e. The van der Waals surface area contributed by atoms with Gasteiger partial charge in [0.05, 0.1) is 17.6 Å². The van der Waals surface area contributed by atoms with E-state index < -0.39 is 15.8 Å². The van der Waals surface area contributed by atoms with Crippen LogP contribution in [0.1, 0.15) is 5.76 Å². The SMILES string of the molecule is COc1ccc(-c2noc(COc3ccccc3)c2-c2ccc(S(N)(=O)=O)cc2)cc1F. The molecule has 0 unspecified atom stereocenters. The number of rotatable bonds is 7. The Morgan fingerprint density at radius 1 is 1.00 bits per heavy atom. The highest BCUT2D eigenvalue weighted by Gasteiger charge is 2.21. The molecule has 0 aliphatic rings. The van der Waals surface area contributed by atoms with Crippen molar-refractivity contribution in [3.8, 4) is 33.9 Å². The van der Waals surface area contributed by atoms with Crippen LogP contribution in [-0.2, 0) is 16.6 Å². The molecular formula is C23H19FN2O5S. The lowest BCUT2D eigenvalue weighted by Gasteiger charge is -2.08. The van der Waals surface area contributed by atoms with E-state index in [1.54, 1.807) is 30.3 Å². The van der Waals surface area contributed by atoms with Crippen molar-refractivity contribution in [2.24, 2.45) is 5.14 Å². The number of methoxy groups -OCH3 is 1. The quantitative estimate of drug-likeness (QED) is 0.444. The molecule has 4 rings (SSSR count). The molecule has 0 saturated carbocycles. The van der Waals surface area contributed by atoms with Gasteiger partial charge in [0.1, 0.15) is 18.1 Å². The zero-order valence-electron chi connectivity index (χ0n) is 17.0. The second-order valence-corrected chi connectivity index (χ2v) is 8.41. The first-order valence-electron chi connectivity index (χ1n) is 9.50. The molecule has 0 fully saturated rings. The van der Waals surface area contributed by atoms with Gasteiger partial charge in [0.2, 0.25) is 10.0 Å². The zero-order valence-corrected chi connectivity index (χ0v) is 17.8. The molecule has 4 aromatic rings. The van der Waals surface area contributed by atoms with E-state index in [1.807, 2.05) is 18.2 Å². The summed E-state index contributed by atoms with van der Waals surface area (Å²) in [6, 6.07) is 19.5. The molecule has 0 saturated heterocycles. The first-order valence-corrected chi connectivity index (χ1v) is 11.0. The van der Waals surface area contributed by atoms with Crippen LogP contribution in [0.5, 0.6) is 11.5 Å². The van der Waals surface area contributed by atoms with Gasteiger partial charge in [-0.25, -0.2) is 17.9 Å². The third kappa shape index (κ3) is 4.48. The van der Waals surface area contributed by atoms with Gasteiger partial charge < -0.3 is 14.0 Å². The Bertz CT molecular complexity index is 1340. The van der Waals surface area contributed by atoms with Crippen LogP contribution in [0.15, 0.2) is 82.2 Å². The van der Waals surface area contributed by atoms with Crippen LogP contribution in [-0.4, -0.2) is 20.7 Å². The van der Waals surface area contributed by atoms with Gasteiger partial charge in [-0.3, -0.25) is 0 Å². The van der Waals surface area contributed by atoms with Crippen molar-refractivity contribution in [3.63, 3.8) is 0 Å². The summed E-state index contributed by atoms with van der Waals surface area (Å²) in [7, 11) is -2.47. The number of primary sulfonamides is 1. The van der Waals surface area contributed by atoms with Crippen molar-refractivity contribution in [1.82, 2.24) is 5.16 Å². The monoisotopic (exact) mass is 454 g/mol. The Balaban J connectivity index is 1.78. The van der Waals surface area contributed by atoms with Crippen LogP contribution >= 0.6 is 0 Å². The second kappa shape index (κ2) is 8.81. The van der Waals surface area contributed by atoms with E-state index >= 15 is 0 Å². The van der Waals surface area contributed by atoms with Crippen LogP contribution in [0.4, 0.5) is 4.39 Å². The molecule has 164 valence electrons. The summed E-state index contributed by atoms with van der Waals surface area (Å²) >= 11 is 0. The summed E-state index contributed by atoms with van der Waals surface area (Å²) in [6.07, 6.45) is 0. The predicted molar refractivity (Wildman–Crippen MR) is 116 cm³/mol. The highest BCUT2D eigenvalue weighted by molar-refractivity contribution is 7.89. The lowest BCUT2D eigenvalue weighted by atomic mass is 9.99. The standard InChI is InChI=1S/C23H19FN2O5S/c1-29-20-12-9-16(13-19(20)24)23-22(15-7-10-18(11-8-15)32(25,27)28)21(31-26-23)14-30-17-5-3-2-4-6-17/h2-13H,14H2,1H3,(H2,25,27,28). The fourth-order valence-electron chi connectivity index (χ4n) is 3.21. The fraction of sp³-hybridized carbons (Fsp3) is 0.0870.